The van der Waals surface area contributed by atoms with Crippen molar-refractivity contribution in [3.8, 4) is 0 Å². The number of hydrogen-bond acceptors (Lipinski definition) is 4. The normalized spacial score (nSPS) is 10.9. The van der Waals surface area contributed by atoms with Crippen LogP contribution in [-0.2, 0) is 10.6 Å². The van der Waals surface area contributed by atoms with Crippen molar-refractivity contribution in [2.24, 2.45) is 0 Å². The van der Waals surface area contributed by atoms with Gasteiger partial charge in [-0.2, -0.15) is 0 Å². The number of fused-ring (bicyclic) bond motifs is 1. The lowest BCUT2D eigenvalue weighted by molar-refractivity contribution is 0.258. The van der Waals surface area contributed by atoms with E-state index in [1.54, 1.807) is 18.9 Å². The number of rotatable bonds is 4. The zero-order valence-electron chi connectivity index (χ0n) is 7.88. The average molecular weight is 209 g/mol. The highest BCUT2D eigenvalue weighted by Crippen LogP contribution is 2.12. The number of benzene rings is 1. The van der Waals surface area contributed by atoms with E-state index in [-0.39, 0.29) is 0 Å². The number of aromatic nitrogens is 3. The maximum atomic E-state index is 4.95. The van der Waals surface area contributed by atoms with E-state index in [4.69, 9.17) is 4.74 Å². The Labute approximate surface area is 86.2 Å². The monoisotopic (exact) mass is 209 g/mol. The molecule has 0 spiro atoms. The van der Waals surface area contributed by atoms with E-state index in [2.05, 4.69) is 10.3 Å². The van der Waals surface area contributed by atoms with Gasteiger partial charge in [0.05, 0.1) is 17.3 Å². The molecule has 1 aromatic heterocycles. The van der Waals surface area contributed by atoms with Gasteiger partial charge in [0.15, 0.2) is 0 Å². The van der Waals surface area contributed by atoms with E-state index in [0.29, 0.717) is 5.94 Å². The molecule has 4 nitrogen and oxygen atoms in total. The van der Waals surface area contributed by atoms with E-state index in [9.17, 15) is 0 Å². The van der Waals surface area contributed by atoms with Crippen LogP contribution < -0.4 is 0 Å². The summed E-state index contributed by atoms with van der Waals surface area (Å²) >= 11 is 1.66. The van der Waals surface area contributed by atoms with Crippen molar-refractivity contribution in [1.82, 2.24) is 15.0 Å². The van der Waals surface area contributed by atoms with E-state index in [1.165, 1.54) is 0 Å². The number of ether oxygens (including phenoxy) is 1. The fourth-order valence-corrected chi connectivity index (χ4v) is 1.82. The van der Waals surface area contributed by atoms with Crippen LogP contribution in [0.4, 0.5) is 0 Å². The fourth-order valence-electron chi connectivity index (χ4n) is 1.22. The second kappa shape index (κ2) is 4.43. The summed E-state index contributed by atoms with van der Waals surface area (Å²) in [7, 11) is 1.69. The van der Waals surface area contributed by atoms with Gasteiger partial charge >= 0.3 is 0 Å². The molecule has 0 N–H and O–H groups in total. The SMILES string of the molecule is COCSCn1nnc2ccccc21. The van der Waals surface area contributed by atoms with E-state index in [1.807, 2.05) is 28.9 Å². The Morgan fingerprint density at radius 3 is 3.14 bits per heavy atom. The first kappa shape index (κ1) is 9.48. The van der Waals surface area contributed by atoms with Crippen LogP contribution >= 0.6 is 11.8 Å². The molecule has 0 aliphatic rings. The van der Waals surface area contributed by atoms with Crippen molar-refractivity contribution < 1.29 is 4.74 Å². The van der Waals surface area contributed by atoms with Crippen molar-refractivity contribution in [3.05, 3.63) is 24.3 Å². The van der Waals surface area contributed by atoms with Gasteiger partial charge in [-0.05, 0) is 12.1 Å². The molecular formula is C9H11N3OS. The van der Waals surface area contributed by atoms with Crippen molar-refractivity contribution in [2.75, 3.05) is 13.0 Å². The number of hydrogen-bond donors (Lipinski definition) is 0. The topological polar surface area (TPSA) is 39.9 Å². The molecule has 0 unspecified atom stereocenters. The molecule has 2 aromatic rings. The van der Waals surface area contributed by atoms with Crippen LogP contribution in [0.1, 0.15) is 0 Å². The molecule has 0 aliphatic carbocycles. The summed E-state index contributed by atoms with van der Waals surface area (Å²) in [6.07, 6.45) is 0. The third-order valence-corrected chi connectivity index (χ3v) is 2.66. The van der Waals surface area contributed by atoms with Crippen molar-refractivity contribution in [1.29, 1.82) is 0 Å². The molecule has 0 atom stereocenters. The fraction of sp³-hybridized carbons (Fsp3) is 0.333. The molecule has 0 saturated carbocycles. The molecule has 1 aromatic carbocycles. The average Bonchev–Trinajstić information content (AvgIpc) is 2.63. The van der Waals surface area contributed by atoms with E-state index < -0.39 is 0 Å². The Balaban J connectivity index is 2.17. The minimum atomic E-state index is 0.675. The maximum absolute atomic E-state index is 4.95. The van der Waals surface area contributed by atoms with Crippen molar-refractivity contribution >= 4 is 22.8 Å². The lowest BCUT2D eigenvalue weighted by Crippen LogP contribution is -1.98. The molecule has 2 rings (SSSR count). The number of thioether (sulfide) groups is 1. The summed E-state index contributed by atoms with van der Waals surface area (Å²) in [5, 5.41) is 8.11. The largest absolute Gasteiger partial charge is 0.374 e. The van der Waals surface area contributed by atoms with Crippen LogP contribution in [0.15, 0.2) is 24.3 Å². The van der Waals surface area contributed by atoms with Crippen LogP contribution in [-0.4, -0.2) is 28.0 Å². The van der Waals surface area contributed by atoms with Crippen molar-refractivity contribution in [2.45, 2.75) is 5.88 Å². The highest BCUT2D eigenvalue weighted by atomic mass is 32.2. The Bertz CT molecular complexity index is 415. The number of methoxy groups -OCH3 is 1. The predicted molar refractivity (Wildman–Crippen MR) is 57.0 cm³/mol. The van der Waals surface area contributed by atoms with Gasteiger partial charge in [0, 0.05) is 7.11 Å². The Morgan fingerprint density at radius 2 is 2.29 bits per heavy atom. The second-order valence-electron chi connectivity index (χ2n) is 2.82. The molecule has 0 bridgehead atoms. The number of para-hydroxylation sites is 1. The van der Waals surface area contributed by atoms with Gasteiger partial charge in [-0.1, -0.05) is 17.3 Å². The van der Waals surface area contributed by atoms with E-state index >= 15 is 0 Å². The first-order valence-corrected chi connectivity index (χ1v) is 5.42. The van der Waals surface area contributed by atoms with Gasteiger partial charge in [-0.3, -0.25) is 0 Å². The van der Waals surface area contributed by atoms with Gasteiger partial charge in [0.25, 0.3) is 0 Å². The minimum absolute atomic E-state index is 0.675. The lowest BCUT2D eigenvalue weighted by atomic mass is 10.3. The molecule has 0 radical (unpaired) electrons. The zero-order valence-corrected chi connectivity index (χ0v) is 8.70. The lowest BCUT2D eigenvalue weighted by Gasteiger charge is -2.00. The van der Waals surface area contributed by atoms with Gasteiger partial charge in [-0.25, -0.2) is 4.68 Å². The van der Waals surface area contributed by atoms with Crippen LogP contribution in [0.25, 0.3) is 11.0 Å². The number of nitrogens with zero attached hydrogens (tertiary/aromatic N) is 3. The standard InChI is InChI=1S/C9H11N3OS/c1-13-7-14-6-12-9-5-3-2-4-8(9)10-11-12/h2-5H,6-7H2,1H3. The Kier molecular flexibility index (Phi) is 3.00. The Morgan fingerprint density at radius 1 is 1.43 bits per heavy atom. The molecule has 5 heteroatoms. The quantitative estimate of drug-likeness (QED) is 0.568. The van der Waals surface area contributed by atoms with Crippen LogP contribution in [0, 0.1) is 0 Å². The molecule has 14 heavy (non-hydrogen) atoms. The molecule has 74 valence electrons. The van der Waals surface area contributed by atoms with Gasteiger partial charge in [0.1, 0.15) is 5.52 Å². The third-order valence-electron chi connectivity index (χ3n) is 1.83. The summed E-state index contributed by atoms with van der Waals surface area (Å²) in [6.45, 7) is 0. The van der Waals surface area contributed by atoms with Crippen LogP contribution in [0.3, 0.4) is 0 Å². The molecule has 0 saturated heterocycles. The molecule has 0 amide bonds. The molecule has 0 fully saturated rings. The highest BCUT2D eigenvalue weighted by molar-refractivity contribution is 7.98. The molecule has 0 aliphatic heterocycles. The highest BCUT2D eigenvalue weighted by Gasteiger charge is 2.01. The summed E-state index contributed by atoms with van der Waals surface area (Å²) < 4.78 is 6.83. The molecular weight excluding hydrogens is 198 g/mol. The predicted octanol–water partition coefficient (Wildman–Crippen LogP) is 1.73. The van der Waals surface area contributed by atoms with Crippen LogP contribution in [0.2, 0.25) is 0 Å². The summed E-state index contributed by atoms with van der Waals surface area (Å²) in [5.41, 5.74) is 2.00. The summed E-state index contributed by atoms with van der Waals surface area (Å²) in [4.78, 5) is 0. The zero-order chi connectivity index (χ0) is 9.80. The summed E-state index contributed by atoms with van der Waals surface area (Å²) in [6, 6.07) is 7.93. The third kappa shape index (κ3) is 1.88. The van der Waals surface area contributed by atoms with Gasteiger partial charge < -0.3 is 4.74 Å². The van der Waals surface area contributed by atoms with E-state index in [0.717, 1.165) is 16.9 Å². The first-order chi connectivity index (χ1) is 6.92. The van der Waals surface area contributed by atoms with Crippen molar-refractivity contribution in [3.63, 3.8) is 0 Å². The maximum Gasteiger partial charge on any atom is 0.113 e. The van der Waals surface area contributed by atoms with Gasteiger partial charge in [-0.15, -0.1) is 16.9 Å². The first-order valence-electron chi connectivity index (χ1n) is 4.27. The second-order valence-corrected chi connectivity index (χ2v) is 3.72. The molecule has 1 heterocycles. The minimum Gasteiger partial charge on any atom is -0.374 e. The summed E-state index contributed by atoms with van der Waals surface area (Å²) in [5.74, 6) is 1.45. The van der Waals surface area contributed by atoms with Gasteiger partial charge in [0.2, 0.25) is 0 Å². The Hall–Kier alpha value is -1.07. The smallest absolute Gasteiger partial charge is 0.113 e. The van der Waals surface area contributed by atoms with Crippen LogP contribution in [0.5, 0.6) is 0 Å².